The quantitative estimate of drug-likeness (QED) is 0.643. The zero-order chi connectivity index (χ0) is 15.2. The largest absolute Gasteiger partial charge is 0.376 e. The van der Waals surface area contributed by atoms with Crippen LogP contribution in [-0.2, 0) is 16.0 Å². The third kappa shape index (κ3) is 4.68. The van der Waals surface area contributed by atoms with E-state index >= 15 is 0 Å². The maximum absolute atomic E-state index is 11.9. The smallest absolute Gasteiger partial charge is 0.220 e. The molecule has 1 N–H and O–H groups in total. The lowest BCUT2D eigenvalue weighted by atomic mass is 10.1. The summed E-state index contributed by atoms with van der Waals surface area (Å²) < 4.78 is 5.49. The van der Waals surface area contributed by atoms with Gasteiger partial charge in [-0.2, -0.15) is 0 Å². The number of ether oxygens (including phenoxy) is 1. The molecule has 0 saturated carbocycles. The van der Waals surface area contributed by atoms with Crippen molar-refractivity contribution < 1.29 is 9.53 Å². The Morgan fingerprint density at radius 1 is 1.38 bits per heavy atom. The number of amides is 1. The molecule has 1 aliphatic rings. The van der Waals surface area contributed by atoms with Gasteiger partial charge in [0.25, 0.3) is 0 Å². The summed E-state index contributed by atoms with van der Waals surface area (Å²) in [4.78, 5) is 20.8. The first-order valence-electron chi connectivity index (χ1n) is 7.36. The van der Waals surface area contributed by atoms with Crippen LogP contribution in [0.5, 0.6) is 0 Å². The lowest BCUT2D eigenvalue weighted by Gasteiger charge is -2.12. The van der Waals surface area contributed by atoms with Crippen LogP contribution in [0.25, 0.3) is 0 Å². The second kappa shape index (κ2) is 7.75. The number of hydrogen-bond acceptors (Lipinski definition) is 5. The van der Waals surface area contributed by atoms with Gasteiger partial charge in [0.15, 0.2) is 5.16 Å². The van der Waals surface area contributed by atoms with Crippen molar-refractivity contribution in [2.75, 3.05) is 19.4 Å². The summed E-state index contributed by atoms with van der Waals surface area (Å²) in [5, 5.41) is 3.74. The molecule has 21 heavy (non-hydrogen) atoms. The fourth-order valence-corrected chi connectivity index (χ4v) is 2.98. The van der Waals surface area contributed by atoms with Gasteiger partial charge in [-0.25, -0.2) is 9.97 Å². The first kappa shape index (κ1) is 16.2. The van der Waals surface area contributed by atoms with Gasteiger partial charge < -0.3 is 10.1 Å². The molecule has 0 bridgehead atoms. The van der Waals surface area contributed by atoms with Gasteiger partial charge in [0.1, 0.15) is 0 Å². The number of rotatable bonds is 6. The van der Waals surface area contributed by atoms with Crippen LogP contribution in [0.3, 0.4) is 0 Å². The van der Waals surface area contributed by atoms with Crippen LogP contribution >= 0.6 is 11.8 Å². The van der Waals surface area contributed by atoms with Gasteiger partial charge >= 0.3 is 0 Å². The van der Waals surface area contributed by atoms with Gasteiger partial charge in [0, 0.05) is 31.0 Å². The average Bonchev–Trinajstić information content (AvgIpc) is 2.97. The molecule has 1 fully saturated rings. The van der Waals surface area contributed by atoms with E-state index in [1.165, 1.54) is 11.8 Å². The Balaban J connectivity index is 1.83. The van der Waals surface area contributed by atoms with Crippen LogP contribution in [0, 0.1) is 13.8 Å². The maximum atomic E-state index is 11.9. The molecular weight excluding hydrogens is 286 g/mol. The van der Waals surface area contributed by atoms with Crippen molar-refractivity contribution in [3.63, 3.8) is 0 Å². The minimum Gasteiger partial charge on any atom is -0.376 e. The molecule has 5 nitrogen and oxygen atoms in total. The normalized spacial score (nSPS) is 18.0. The number of thioether (sulfide) groups is 1. The zero-order valence-corrected chi connectivity index (χ0v) is 13.8. The van der Waals surface area contributed by atoms with E-state index < -0.39 is 0 Å². The molecule has 1 saturated heterocycles. The van der Waals surface area contributed by atoms with Crippen molar-refractivity contribution in [2.45, 2.75) is 50.8 Å². The Kier molecular flexibility index (Phi) is 5.99. The Hall–Kier alpha value is -1.14. The molecule has 1 amide bonds. The molecule has 116 valence electrons. The minimum atomic E-state index is 0.0678. The summed E-state index contributed by atoms with van der Waals surface area (Å²) in [6.45, 7) is 5.40. The summed E-state index contributed by atoms with van der Waals surface area (Å²) in [7, 11) is 0. The van der Waals surface area contributed by atoms with Crippen LogP contribution in [0.1, 0.15) is 36.2 Å². The maximum Gasteiger partial charge on any atom is 0.220 e. The fourth-order valence-electron chi connectivity index (χ4n) is 2.52. The van der Waals surface area contributed by atoms with Crippen LogP contribution < -0.4 is 5.32 Å². The lowest BCUT2D eigenvalue weighted by molar-refractivity contribution is -0.121. The molecule has 0 spiro atoms. The number of nitrogens with one attached hydrogen (secondary N) is 1. The minimum absolute atomic E-state index is 0.0678. The highest BCUT2D eigenvalue weighted by atomic mass is 32.2. The molecule has 6 heteroatoms. The van der Waals surface area contributed by atoms with E-state index in [2.05, 4.69) is 15.3 Å². The van der Waals surface area contributed by atoms with Crippen molar-refractivity contribution in [1.29, 1.82) is 0 Å². The first-order valence-corrected chi connectivity index (χ1v) is 8.59. The van der Waals surface area contributed by atoms with Gasteiger partial charge in [-0.05, 0) is 44.9 Å². The molecule has 1 unspecified atom stereocenters. The highest BCUT2D eigenvalue weighted by molar-refractivity contribution is 7.98. The van der Waals surface area contributed by atoms with Crippen LogP contribution in [0.2, 0.25) is 0 Å². The number of carbonyl (C=O) groups is 1. The van der Waals surface area contributed by atoms with Crippen molar-refractivity contribution >= 4 is 17.7 Å². The average molecular weight is 309 g/mol. The van der Waals surface area contributed by atoms with Crippen molar-refractivity contribution in [2.24, 2.45) is 0 Å². The summed E-state index contributed by atoms with van der Waals surface area (Å²) in [5.74, 6) is 0.0678. The second-order valence-electron chi connectivity index (χ2n) is 5.30. The Bertz CT molecular complexity index is 479. The SMILES string of the molecule is CSc1nc(C)c(CCC(=O)NCC2CCCO2)c(C)n1. The van der Waals surface area contributed by atoms with E-state index in [1.54, 1.807) is 0 Å². The molecule has 1 aromatic heterocycles. The molecule has 1 aromatic rings. The van der Waals surface area contributed by atoms with E-state index in [0.717, 1.165) is 41.6 Å². The summed E-state index contributed by atoms with van der Waals surface area (Å²) in [6.07, 6.45) is 5.45. The van der Waals surface area contributed by atoms with Gasteiger partial charge in [0.05, 0.1) is 6.10 Å². The molecular formula is C15H23N3O2S. The zero-order valence-electron chi connectivity index (χ0n) is 12.9. The predicted octanol–water partition coefficient (Wildman–Crippen LogP) is 2.04. The summed E-state index contributed by atoms with van der Waals surface area (Å²) in [5.41, 5.74) is 3.03. The van der Waals surface area contributed by atoms with Crippen LogP contribution in [0.4, 0.5) is 0 Å². The molecule has 0 radical (unpaired) electrons. The number of aryl methyl sites for hydroxylation is 2. The summed E-state index contributed by atoms with van der Waals surface area (Å²) in [6, 6.07) is 0. The summed E-state index contributed by atoms with van der Waals surface area (Å²) >= 11 is 1.54. The molecule has 0 aliphatic carbocycles. The number of carbonyl (C=O) groups excluding carboxylic acids is 1. The molecule has 1 aliphatic heterocycles. The van der Waals surface area contributed by atoms with Crippen LogP contribution in [-0.4, -0.2) is 41.4 Å². The second-order valence-corrected chi connectivity index (χ2v) is 6.07. The Morgan fingerprint density at radius 3 is 2.67 bits per heavy atom. The van der Waals surface area contributed by atoms with Gasteiger partial charge in [0.2, 0.25) is 5.91 Å². The van der Waals surface area contributed by atoms with E-state index in [0.29, 0.717) is 19.4 Å². The van der Waals surface area contributed by atoms with Crippen molar-refractivity contribution in [3.8, 4) is 0 Å². The van der Waals surface area contributed by atoms with E-state index in [-0.39, 0.29) is 12.0 Å². The molecule has 2 rings (SSSR count). The molecule has 2 heterocycles. The Morgan fingerprint density at radius 2 is 2.10 bits per heavy atom. The highest BCUT2D eigenvalue weighted by Crippen LogP contribution is 2.17. The van der Waals surface area contributed by atoms with E-state index in [4.69, 9.17) is 4.74 Å². The lowest BCUT2D eigenvalue weighted by Crippen LogP contribution is -2.31. The van der Waals surface area contributed by atoms with Crippen molar-refractivity contribution in [1.82, 2.24) is 15.3 Å². The predicted molar refractivity (Wildman–Crippen MR) is 83.6 cm³/mol. The third-order valence-corrected chi connectivity index (χ3v) is 4.28. The number of aromatic nitrogens is 2. The number of nitrogens with zero attached hydrogens (tertiary/aromatic N) is 2. The third-order valence-electron chi connectivity index (χ3n) is 3.74. The highest BCUT2D eigenvalue weighted by Gasteiger charge is 2.16. The fraction of sp³-hybridized carbons (Fsp3) is 0.667. The monoisotopic (exact) mass is 309 g/mol. The Labute approximate surface area is 130 Å². The van der Waals surface area contributed by atoms with Gasteiger partial charge in [-0.3, -0.25) is 4.79 Å². The van der Waals surface area contributed by atoms with E-state index in [1.807, 2.05) is 20.1 Å². The topological polar surface area (TPSA) is 64.1 Å². The molecule has 0 aromatic carbocycles. The standard InChI is InChI=1S/C15H23N3O2S/c1-10-13(11(2)18-15(17-10)21-3)6-7-14(19)16-9-12-5-4-8-20-12/h12H,4-9H2,1-3H3,(H,16,19). The van der Waals surface area contributed by atoms with Crippen molar-refractivity contribution in [3.05, 3.63) is 17.0 Å². The van der Waals surface area contributed by atoms with Gasteiger partial charge in [-0.1, -0.05) is 11.8 Å². The first-order chi connectivity index (χ1) is 10.1. The van der Waals surface area contributed by atoms with Crippen LogP contribution in [0.15, 0.2) is 5.16 Å². The number of hydrogen-bond donors (Lipinski definition) is 1. The molecule has 1 atom stereocenters. The van der Waals surface area contributed by atoms with Gasteiger partial charge in [-0.15, -0.1) is 0 Å². The van der Waals surface area contributed by atoms with E-state index in [9.17, 15) is 4.79 Å².